The molecular weight excluding hydrogens is 262 g/mol. The molecule has 1 aromatic carbocycles. The Balaban J connectivity index is 0.00000162. The standard InChI is InChI=1S/C15H23NS.ClH/c1-2-3-11-15(16-12-7-8-13-16)17-14-9-5-4-6-10-14;/h4-6,9-10,15H,2-3,7-8,11-13H2,1H3;1H. The highest BCUT2D eigenvalue weighted by molar-refractivity contribution is 7.99. The maximum atomic E-state index is 2.67. The van der Waals surface area contributed by atoms with Gasteiger partial charge < -0.3 is 0 Å². The molecule has 1 nitrogen and oxygen atoms in total. The Hall–Kier alpha value is -0.180. The molecule has 0 amide bonds. The third-order valence-electron chi connectivity index (χ3n) is 3.37. The molecule has 0 bridgehead atoms. The molecule has 1 aliphatic heterocycles. The summed E-state index contributed by atoms with van der Waals surface area (Å²) >= 11 is 2.05. The highest BCUT2D eigenvalue weighted by atomic mass is 35.5. The van der Waals surface area contributed by atoms with Gasteiger partial charge in [0, 0.05) is 4.90 Å². The van der Waals surface area contributed by atoms with Crippen molar-refractivity contribution in [1.29, 1.82) is 0 Å². The van der Waals surface area contributed by atoms with Crippen LogP contribution in [0.4, 0.5) is 0 Å². The van der Waals surface area contributed by atoms with E-state index in [9.17, 15) is 0 Å². The van der Waals surface area contributed by atoms with Crippen LogP contribution < -0.4 is 0 Å². The topological polar surface area (TPSA) is 3.24 Å². The van der Waals surface area contributed by atoms with Crippen LogP contribution in [0.3, 0.4) is 0 Å². The molecule has 1 fully saturated rings. The van der Waals surface area contributed by atoms with E-state index >= 15 is 0 Å². The van der Waals surface area contributed by atoms with Crippen molar-refractivity contribution >= 4 is 24.2 Å². The summed E-state index contributed by atoms with van der Waals surface area (Å²) in [5, 5.41) is 0.694. The van der Waals surface area contributed by atoms with Crippen molar-refractivity contribution in [3.63, 3.8) is 0 Å². The van der Waals surface area contributed by atoms with E-state index in [4.69, 9.17) is 0 Å². The molecule has 0 N–H and O–H groups in total. The van der Waals surface area contributed by atoms with Gasteiger partial charge in [0.15, 0.2) is 0 Å². The summed E-state index contributed by atoms with van der Waals surface area (Å²) in [6, 6.07) is 10.9. The van der Waals surface area contributed by atoms with Crippen molar-refractivity contribution < 1.29 is 0 Å². The van der Waals surface area contributed by atoms with Crippen LogP contribution in [0.5, 0.6) is 0 Å². The highest BCUT2D eigenvalue weighted by Crippen LogP contribution is 2.31. The second kappa shape index (κ2) is 8.84. The lowest BCUT2D eigenvalue weighted by Crippen LogP contribution is -2.29. The molecule has 0 saturated carbocycles. The number of rotatable bonds is 6. The van der Waals surface area contributed by atoms with Gasteiger partial charge in [-0.05, 0) is 44.5 Å². The fourth-order valence-corrected chi connectivity index (χ4v) is 3.65. The first kappa shape index (κ1) is 15.9. The number of hydrogen-bond donors (Lipinski definition) is 0. The summed E-state index contributed by atoms with van der Waals surface area (Å²) in [5.41, 5.74) is 0. The van der Waals surface area contributed by atoms with Crippen LogP contribution in [0, 0.1) is 0 Å². The Labute approximate surface area is 122 Å². The average molecular weight is 286 g/mol. The van der Waals surface area contributed by atoms with E-state index in [1.165, 1.54) is 50.1 Å². The fourth-order valence-electron chi connectivity index (χ4n) is 2.38. The van der Waals surface area contributed by atoms with E-state index in [2.05, 4.69) is 53.9 Å². The lowest BCUT2D eigenvalue weighted by atomic mass is 10.2. The van der Waals surface area contributed by atoms with Crippen LogP contribution in [0.1, 0.15) is 39.0 Å². The van der Waals surface area contributed by atoms with Gasteiger partial charge in [0.1, 0.15) is 0 Å². The first-order chi connectivity index (χ1) is 8.40. The lowest BCUT2D eigenvalue weighted by Gasteiger charge is -2.26. The number of likely N-dealkylation sites (tertiary alicyclic amines) is 1. The maximum absolute atomic E-state index is 2.67. The van der Waals surface area contributed by atoms with Gasteiger partial charge in [-0.25, -0.2) is 0 Å². The Kier molecular flexibility index (Phi) is 7.80. The van der Waals surface area contributed by atoms with E-state index in [0.29, 0.717) is 5.37 Å². The van der Waals surface area contributed by atoms with Crippen molar-refractivity contribution in [2.24, 2.45) is 0 Å². The lowest BCUT2D eigenvalue weighted by molar-refractivity contribution is 0.301. The number of unbranched alkanes of at least 4 members (excludes halogenated alkanes) is 1. The molecule has 0 radical (unpaired) electrons. The summed E-state index contributed by atoms with van der Waals surface area (Å²) in [6.07, 6.45) is 6.76. The Morgan fingerprint density at radius 1 is 1.17 bits per heavy atom. The third kappa shape index (κ3) is 4.83. The molecule has 1 atom stereocenters. The van der Waals surface area contributed by atoms with E-state index in [0.717, 1.165) is 0 Å². The first-order valence-corrected chi connectivity index (χ1v) is 7.74. The predicted octanol–water partition coefficient (Wildman–Crippen LogP) is 4.81. The van der Waals surface area contributed by atoms with Gasteiger partial charge in [-0.2, -0.15) is 0 Å². The molecule has 1 saturated heterocycles. The summed E-state index contributed by atoms with van der Waals surface area (Å²) in [7, 11) is 0. The molecule has 1 unspecified atom stereocenters. The van der Waals surface area contributed by atoms with Crippen molar-refractivity contribution in [2.45, 2.75) is 49.3 Å². The molecule has 0 spiro atoms. The summed E-state index contributed by atoms with van der Waals surface area (Å²) in [6.45, 7) is 4.89. The molecular formula is C15H24ClNS. The smallest absolute Gasteiger partial charge is 0.0604 e. The summed E-state index contributed by atoms with van der Waals surface area (Å²) < 4.78 is 0. The highest BCUT2D eigenvalue weighted by Gasteiger charge is 2.22. The largest absolute Gasteiger partial charge is 0.291 e. The molecule has 0 aromatic heterocycles. The number of halogens is 1. The summed E-state index contributed by atoms with van der Waals surface area (Å²) in [4.78, 5) is 4.09. The van der Waals surface area contributed by atoms with Crippen molar-refractivity contribution in [3.8, 4) is 0 Å². The van der Waals surface area contributed by atoms with Gasteiger partial charge in [-0.15, -0.1) is 24.2 Å². The van der Waals surface area contributed by atoms with Crippen LogP contribution in [0.25, 0.3) is 0 Å². The van der Waals surface area contributed by atoms with Crippen LogP contribution in [-0.4, -0.2) is 23.4 Å². The normalized spacial score (nSPS) is 17.4. The van der Waals surface area contributed by atoms with E-state index in [-0.39, 0.29) is 12.4 Å². The quantitative estimate of drug-likeness (QED) is 0.690. The van der Waals surface area contributed by atoms with Gasteiger partial charge >= 0.3 is 0 Å². The molecule has 3 heteroatoms. The summed E-state index contributed by atoms with van der Waals surface area (Å²) in [5.74, 6) is 0. The van der Waals surface area contributed by atoms with Gasteiger partial charge in [-0.3, -0.25) is 4.90 Å². The molecule has 102 valence electrons. The van der Waals surface area contributed by atoms with Crippen LogP contribution in [0.2, 0.25) is 0 Å². The van der Waals surface area contributed by atoms with Crippen molar-refractivity contribution in [1.82, 2.24) is 4.90 Å². The maximum Gasteiger partial charge on any atom is 0.0604 e. The molecule has 0 aliphatic carbocycles. The molecule has 1 aromatic rings. The second-order valence-electron chi connectivity index (χ2n) is 4.77. The second-order valence-corrected chi connectivity index (χ2v) is 6.02. The zero-order chi connectivity index (χ0) is 11.9. The van der Waals surface area contributed by atoms with Crippen LogP contribution in [-0.2, 0) is 0 Å². The third-order valence-corrected chi connectivity index (χ3v) is 4.72. The van der Waals surface area contributed by atoms with Gasteiger partial charge in [0.2, 0.25) is 0 Å². The average Bonchev–Trinajstić information content (AvgIpc) is 2.89. The Morgan fingerprint density at radius 3 is 2.44 bits per heavy atom. The molecule has 1 heterocycles. The minimum atomic E-state index is 0. The van der Waals surface area contributed by atoms with Gasteiger partial charge in [-0.1, -0.05) is 38.0 Å². The van der Waals surface area contributed by atoms with Crippen molar-refractivity contribution in [2.75, 3.05) is 13.1 Å². The van der Waals surface area contributed by atoms with Crippen molar-refractivity contribution in [3.05, 3.63) is 30.3 Å². The number of thioether (sulfide) groups is 1. The first-order valence-electron chi connectivity index (χ1n) is 6.86. The zero-order valence-electron chi connectivity index (χ0n) is 11.2. The van der Waals surface area contributed by atoms with E-state index in [1.807, 2.05) is 0 Å². The Morgan fingerprint density at radius 2 is 1.83 bits per heavy atom. The minimum Gasteiger partial charge on any atom is -0.291 e. The van der Waals surface area contributed by atoms with E-state index in [1.54, 1.807) is 0 Å². The predicted molar refractivity (Wildman–Crippen MR) is 83.7 cm³/mol. The SMILES string of the molecule is CCCCC(Sc1ccccc1)N1CCCC1.Cl. The molecule has 2 rings (SSSR count). The zero-order valence-corrected chi connectivity index (χ0v) is 12.8. The fraction of sp³-hybridized carbons (Fsp3) is 0.600. The van der Waals surface area contributed by atoms with E-state index < -0.39 is 0 Å². The molecule has 1 aliphatic rings. The monoisotopic (exact) mass is 285 g/mol. The van der Waals surface area contributed by atoms with Gasteiger partial charge in [0.25, 0.3) is 0 Å². The van der Waals surface area contributed by atoms with Crippen LogP contribution in [0.15, 0.2) is 35.2 Å². The molecule has 18 heavy (non-hydrogen) atoms. The Bertz CT molecular complexity index is 312. The van der Waals surface area contributed by atoms with Crippen LogP contribution >= 0.6 is 24.2 Å². The number of hydrogen-bond acceptors (Lipinski definition) is 2. The number of nitrogens with zero attached hydrogens (tertiary/aromatic N) is 1. The van der Waals surface area contributed by atoms with Gasteiger partial charge in [0.05, 0.1) is 5.37 Å². The number of benzene rings is 1. The minimum absolute atomic E-state index is 0.